The van der Waals surface area contributed by atoms with E-state index >= 15 is 0 Å². The summed E-state index contributed by atoms with van der Waals surface area (Å²) in [7, 11) is 0. The first-order valence-corrected chi connectivity index (χ1v) is 9.01. The van der Waals surface area contributed by atoms with Crippen molar-refractivity contribution < 1.29 is 9.90 Å². The fourth-order valence-corrected chi connectivity index (χ4v) is 3.53. The molecule has 0 saturated heterocycles. The standard InChI is InChI=1S/C17H22N4O2S/c1-17(9-3-2-4-15(17)22)11-18-16(23)19-13-7-5-12(6-8-13)14-10-24-21-20-14/h5-8,10,15,22H,2-4,9,11H2,1H3,(H2,18,19,23). The van der Waals surface area contributed by atoms with Crippen molar-refractivity contribution in [2.45, 2.75) is 38.7 Å². The summed E-state index contributed by atoms with van der Waals surface area (Å²) in [6, 6.07) is 7.23. The number of nitrogens with one attached hydrogen (secondary N) is 2. The molecule has 1 aromatic heterocycles. The van der Waals surface area contributed by atoms with E-state index in [9.17, 15) is 9.90 Å². The Balaban J connectivity index is 1.53. The normalized spacial score (nSPS) is 23.7. The monoisotopic (exact) mass is 346 g/mol. The molecular weight excluding hydrogens is 324 g/mol. The lowest BCUT2D eigenvalue weighted by atomic mass is 9.73. The highest BCUT2D eigenvalue weighted by atomic mass is 32.1. The van der Waals surface area contributed by atoms with Crippen LogP contribution >= 0.6 is 11.5 Å². The molecule has 1 heterocycles. The summed E-state index contributed by atoms with van der Waals surface area (Å²) in [5.74, 6) is 0. The summed E-state index contributed by atoms with van der Waals surface area (Å²) in [4.78, 5) is 12.1. The fourth-order valence-electron chi connectivity index (χ4n) is 3.06. The van der Waals surface area contributed by atoms with Crippen LogP contribution in [0.2, 0.25) is 0 Å². The summed E-state index contributed by atoms with van der Waals surface area (Å²) < 4.78 is 3.84. The van der Waals surface area contributed by atoms with Gasteiger partial charge in [-0.2, -0.15) is 0 Å². The van der Waals surface area contributed by atoms with Gasteiger partial charge in [-0.1, -0.05) is 36.4 Å². The van der Waals surface area contributed by atoms with E-state index < -0.39 is 0 Å². The van der Waals surface area contributed by atoms with Crippen LogP contribution in [-0.4, -0.2) is 33.4 Å². The second-order valence-electron chi connectivity index (χ2n) is 6.59. The van der Waals surface area contributed by atoms with Crippen LogP contribution in [0.5, 0.6) is 0 Å². The van der Waals surface area contributed by atoms with E-state index in [4.69, 9.17) is 0 Å². The van der Waals surface area contributed by atoms with E-state index in [1.54, 1.807) is 0 Å². The van der Waals surface area contributed by atoms with Gasteiger partial charge in [-0.15, -0.1) is 5.10 Å². The Morgan fingerprint density at radius 2 is 2.17 bits per heavy atom. The molecule has 1 fully saturated rings. The molecule has 24 heavy (non-hydrogen) atoms. The lowest BCUT2D eigenvalue weighted by molar-refractivity contribution is 0.00333. The Bertz CT molecular complexity index is 674. The topological polar surface area (TPSA) is 87.1 Å². The molecule has 3 N–H and O–H groups in total. The van der Waals surface area contributed by atoms with Crippen molar-refractivity contribution in [3.05, 3.63) is 29.6 Å². The molecule has 2 amide bonds. The molecule has 1 aliphatic rings. The van der Waals surface area contributed by atoms with Crippen LogP contribution in [0.3, 0.4) is 0 Å². The van der Waals surface area contributed by atoms with Crippen molar-refractivity contribution in [1.82, 2.24) is 14.9 Å². The maximum Gasteiger partial charge on any atom is 0.319 e. The third-order valence-electron chi connectivity index (χ3n) is 4.73. The molecule has 1 aliphatic carbocycles. The van der Waals surface area contributed by atoms with E-state index in [2.05, 4.69) is 20.2 Å². The molecular formula is C17H22N4O2S. The van der Waals surface area contributed by atoms with Crippen molar-refractivity contribution in [3.63, 3.8) is 0 Å². The van der Waals surface area contributed by atoms with Gasteiger partial charge < -0.3 is 15.7 Å². The molecule has 1 saturated carbocycles. The van der Waals surface area contributed by atoms with Gasteiger partial charge in [-0.25, -0.2) is 4.79 Å². The minimum absolute atomic E-state index is 0.239. The first-order chi connectivity index (χ1) is 11.6. The predicted octanol–water partition coefficient (Wildman–Crippen LogP) is 3.27. The molecule has 0 aliphatic heterocycles. The second kappa shape index (κ2) is 7.27. The first-order valence-electron chi connectivity index (χ1n) is 8.17. The van der Waals surface area contributed by atoms with Gasteiger partial charge in [0.2, 0.25) is 0 Å². The Hall–Kier alpha value is -1.99. The number of anilines is 1. The largest absolute Gasteiger partial charge is 0.392 e. The molecule has 0 bridgehead atoms. The van der Waals surface area contributed by atoms with Crippen molar-refractivity contribution >= 4 is 23.3 Å². The lowest BCUT2D eigenvalue weighted by Gasteiger charge is -2.38. The maximum absolute atomic E-state index is 12.1. The smallest absolute Gasteiger partial charge is 0.319 e. The zero-order valence-electron chi connectivity index (χ0n) is 13.7. The van der Waals surface area contributed by atoms with Crippen molar-refractivity contribution in [2.24, 2.45) is 5.41 Å². The van der Waals surface area contributed by atoms with Gasteiger partial charge in [-0.3, -0.25) is 0 Å². The number of aliphatic hydroxyl groups excluding tert-OH is 1. The Labute approximate surface area is 145 Å². The number of hydrogen-bond acceptors (Lipinski definition) is 5. The molecule has 128 valence electrons. The van der Waals surface area contributed by atoms with Gasteiger partial charge in [0, 0.05) is 28.6 Å². The molecule has 6 nitrogen and oxygen atoms in total. The minimum atomic E-state index is -0.349. The summed E-state index contributed by atoms with van der Waals surface area (Å²) in [6.07, 6.45) is 3.56. The number of aliphatic hydroxyl groups is 1. The van der Waals surface area contributed by atoms with Crippen LogP contribution in [0.25, 0.3) is 11.3 Å². The summed E-state index contributed by atoms with van der Waals surface area (Å²) >= 11 is 1.31. The average Bonchev–Trinajstić information content (AvgIpc) is 3.11. The SMILES string of the molecule is CC1(CNC(=O)Nc2ccc(-c3csnn3)cc2)CCCCC1O. The van der Waals surface area contributed by atoms with Gasteiger partial charge in [0.25, 0.3) is 0 Å². The maximum atomic E-state index is 12.1. The fraction of sp³-hybridized carbons (Fsp3) is 0.471. The highest BCUT2D eigenvalue weighted by Gasteiger charge is 2.35. The van der Waals surface area contributed by atoms with Crippen molar-refractivity contribution in [2.75, 3.05) is 11.9 Å². The highest BCUT2D eigenvalue weighted by molar-refractivity contribution is 7.03. The second-order valence-corrected chi connectivity index (χ2v) is 7.20. The Kier molecular flexibility index (Phi) is 5.11. The van der Waals surface area contributed by atoms with Gasteiger partial charge >= 0.3 is 6.03 Å². The summed E-state index contributed by atoms with van der Waals surface area (Å²) in [6.45, 7) is 2.51. The molecule has 2 unspecified atom stereocenters. The molecule has 2 aromatic rings. The lowest BCUT2D eigenvalue weighted by Crippen LogP contribution is -2.46. The Morgan fingerprint density at radius 3 is 2.83 bits per heavy atom. The van der Waals surface area contributed by atoms with Gasteiger partial charge in [0.15, 0.2) is 0 Å². The van der Waals surface area contributed by atoms with E-state index in [0.29, 0.717) is 12.2 Å². The summed E-state index contributed by atoms with van der Waals surface area (Å²) in [5.41, 5.74) is 2.27. The van der Waals surface area contributed by atoms with E-state index in [-0.39, 0.29) is 17.6 Å². The van der Waals surface area contributed by atoms with Crippen LogP contribution in [0, 0.1) is 5.41 Å². The number of aromatic nitrogens is 2. The van der Waals surface area contributed by atoms with E-state index in [1.807, 2.05) is 36.6 Å². The first kappa shape index (κ1) is 16.9. The minimum Gasteiger partial charge on any atom is -0.392 e. The summed E-state index contributed by atoms with van der Waals surface area (Å²) in [5, 5.41) is 21.8. The van der Waals surface area contributed by atoms with Gasteiger partial charge in [-0.05, 0) is 36.5 Å². The van der Waals surface area contributed by atoms with Gasteiger partial charge in [0.05, 0.1) is 6.10 Å². The highest BCUT2D eigenvalue weighted by Crippen LogP contribution is 2.35. The predicted molar refractivity (Wildman–Crippen MR) is 94.9 cm³/mol. The molecule has 0 radical (unpaired) electrons. The average molecular weight is 346 g/mol. The van der Waals surface area contributed by atoms with Crippen molar-refractivity contribution in [1.29, 1.82) is 0 Å². The van der Waals surface area contributed by atoms with Crippen molar-refractivity contribution in [3.8, 4) is 11.3 Å². The molecule has 3 rings (SSSR count). The number of urea groups is 1. The zero-order chi connectivity index (χ0) is 17.0. The van der Waals surface area contributed by atoms with E-state index in [1.165, 1.54) is 11.5 Å². The number of hydrogen-bond donors (Lipinski definition) is 3. The van der Waals surface area contributed by atoms with E-state index in [0.717, 1.165) is 36.9 Å². The van der Waals surface area contributed by atoms with Crippen LogP contribution in [0.4, 0.5) is 10.5 Å². The zero-order valence-corrected chi connectivity index (χ0v) is 14.5. The number of nitrogens with zero attached hydrogens (tertiary/aromatic N) is 2. The van der Waals surface area contributed by atoms with Crippen LogP contribution < -0.4 is 10.6 Å². The third-order valence-corrected chi connectivity index (χ3v) is 5.24. The molecule has 2 atom stereocenters. The van der Waals surface area contributed by atoms with Gasteiger partial charge in [0.1, 0.15) is 5.69 Å². The number of rotatable bonds is 4. The quantitative estimate of drug-likeness (QED) is 0.793. The number of carbonyl (C=O) groups is 1. The number of amides is 2. The molecule has 7 heteroatoms. The number of benzene rings is 1. The molecule has 0 spiro atoms. The number of carbonyl (C=O) groups excluding carboxylic acids is 1. The molecule has 1 aromatic carbocycles. The van der Waals surface area contributed by atoms with Crippen LogP contribution in [0.1, 0.15) is 32.6 Å². The van der Waals surface area contributed by atoms with Crippen LogP contribution in [-0.2, 0) is 0 Å². The van der Waals surface area contributed by atoms with Crippen LogP contribution in [0.15, 0.2) is 29.6 Å². The third kappa shape index (κ3) is 3.91. The Morgan fingerprint density at radius 1 is 1.38 bits per heavy atom.